The van der Waals surface area contributed by atoms with Gasteiger partial charge in [0.25, 0.3) is 5.01 Å². The molecule has 0 aliphatic carbocycles. The van der Waals surface area contributed by atoms with Gasteiger partial charge < -0.3 is 9.29 Å². The molecule has 0 spiro atoms. The Kier molecular flexibility index (Phi) is 6.47. The number of rotatable bonds is 8. The molecule has 0 radical (unpaired) electrons. The summed E-state index contributed by atoms with van der Waals surface area (Å²) in [5.41, 5.74) is 1.08. The minimum atomic E-state index is -4.22. The van der Waals surface area contributed by atoms with Crippen LogP contribution in [0.2, 0.25) is 0 Å². The van der Waals surface area contributed by atoms with Gasteiger partial charge in [-0.15, -0.1) is 23.1 Å². The molecule has 5 nitrogen and oxygen atoms in total. The fraction of sp³-hybridized carbons (Fsp3) is 0.389. The van der Waals surface area contributed by atoms with Crippen LogP contribution in [-0.2, 0) is 16.7 Å². The smallest absolute Gasteiger partial charge is 0.263 e. The van der Waals surface area contributed by atoms with Crippen molar-refractivity contribution in [2.75, 3.05) is 19.1 Å². The summed E-state index contributed by atoms with van der Waals surface area (Å²) in [5, 5.41) is 4.14. The number of ether oxygens (including phenoxy) is 1. The molecule has 0 aliphatic rings. The van der Waals surface area contributed by atoms with Crippen LogP contribution in [0.4, 0.5) is 0 Å². The molecule has 27 heavy (non-hydrogen) atoms. The molecule has 3 rings (SSSR count). The third kappa shape index (κ3) is 4.48. The second kappa shape index (κ2) is 8.48. The van der Waals surface area contributed by atoms with E-state index in [1.807, 2.05) is 17.5 Å². The number of aryl methyl sites for hydroxylation is 1. The molecule has 0 atom stereocenters. The number of allylic oxidation sites excluding steroid dienone is 1. The van der Waals surface area contributed by atoms with E-state index in [9.17, 15) is 13.0 Å². The van der Waals surface area contributed by atoms with E-state index < -0.39 is 10.1 Å². The maximum atomic E-state index is 11.0. The van der Waals surface area contributed by atoms with Gasteiger partial charge in [-0.25, -0.2) is 8.42 Å². The van der Waals surface area contributed by atoms with Crippen molar-refractivity contribution in [2.45, 2.75) is 26.3 Å². The highest BCUT2D eigenvalue weighted by Gasteiger charge is 2.24. The normalized spacial score (nSPS) is 13.0. The lowest BCUT2D eigenvalue weighted by Gasteiger charge is -2.05. The third-order valence-corrected chi connectivity index (χ3v) is 8.00. The van der Waals surface area contributed by atoms with Gasteiger partial charge in [0.1, 0.15) is 15.1 Å². The largest absolute Gasteiger partial charge is 0.748 e. The summed E-state index contributed by atoms with van der Waals surface area (Å²) < 4.78 is 43.0. The number of methoxy groups -OCH3 is 1. The van der Waals surface area contributed by atoms with E-state index in [1.54, 1.807) is 41.5 Å². The van der Waals surface area contributed by atoms with Crippen molar-refractivity contribution < 1.29 is 22.3 Å². The van der Waals surface area contributed by atoms with Gasteiger partial charge in [0.05, 0.1) is 17.2 Å². The molecule has 2 heterocycles. The highest BCUT2D eigenvalue weighted by Crippen LogP contribution is 2.38. The molecule has 3 aromatic rings. The maximum absolute atomic E-state index is 11.0. The van der Waals surface area contributed by atoms with Crippen LogP contribution in [0.5, 0.6) is 5.75 Å². The van der Waals surface area contributed by atoms with Crippen LogP contribution in [0.1, 0.15) is 24.8 Å². The standard InChI is InChI=1S/C18H21NO4S4/c1-4-12(24-3)10-16-19(7-5-9-27(20,21)22)17-15(26-16)11-14(23-2)13-6-8-25-18(13)17/h6,8,10-11H,4-5,7,9H2,1-3H3/b12-10-. The van der Waals surface area contributed by atoms with Crippen LogP contribution in [-0.4, -0.2) is 32.1 Å². The van der Waals surface area contributed by atoms with Gasteiger partial charge in [-0.2, -0.15) is 4.57 Å². The number of benzene rings is 1. The Bertz CT molecular complexity index is 1090. The number of fused-ring (bicyclic) bond motifs is 3. The van der Waals surface area contributed by atoms with E-state index in [1.165, 1.54) is 4.91 Å². The molecular formula is C18H21NO4S4. The maximum Gasteiger partial charge on any atom is 0.263 e. The molecule has 0 bridgehead atoms. The Balaban J connectivity index is 2.20. The van der Waals surface area contributed by atoms with Crippen molar-refractivity contribution in [3.8, 4) is 5.75 Å². The predicted octanol–water partition coefficient (Wildman–Crippen LogP) is 4.46. The number of hydrogen-bond donors (Lipinski definition) is 0. The molecule has 2 aromatic heterocycles. The van der Waals surface area contributed by atoms with Crippen molar-refractivity contribution in [1.82, 2.24) is 0 Å². The van der Waals surface area contributed by atoms with Crippen LogP contribution in [0, 0.1) is 0 Å². The summed E-state index contributed by atoms with van der Waals surface area (Å²) in [6.07, 6.45) is 5.44. The quantitative estimate of drug-likeness (QED) is 0.380. The zero-order valence-corrected chi connectivity index (χ0v) is 18.6. The highest BCUT2D eigenvalue weighted by molar-refractivity contribution is 8.02. The lowest BCUT2D eigenvalue weighted by atomic mass is 10.2. The Labute approximate surface area is 171 Å². The lowest BCUT2D eigenvalue weighted by molar-refractivity contribution is -0.667. The molecule has 0 amide bonds. The van der Waals surface area contributed by atoms with Gasteiger partial charge in [-0.1, -0.05) is 18.3 Å². The molecule has 0 N–H and O–H groups in total. The number of hydrogen-bond acceptors (Lipinski definition) is 7. The van der Waals surface area contributed by atoms with Crippen molar-refractivity contribution in [3.63, 3.8) is 0 Å². The first-order valence-electron chi connectivity index (χ1n) is 8.46. The average Bonchev–Trinajstić information content (AvgIpc) is 3.22. The number of thiophene rings is 1. The van der Waals surface area contributed by atoms with Crippen molar-refractivity contribution in [3.05, 3.63) is 27.4 Å². The summed E-state index contributed by atoms with van der Waals surface area (Å²) in [6.45, 7) is 2.60. The number of thiazole rings is 1. The minimum Gasteiger partial charge on any atom is -0.748 e. The molecular weight excluding hydrogens is 422 g/mol. The summed E-state index contributed by atoms with van der Waals surface area (Å²) >= 11 is 5.02. The predicted molar refractivity (Wildman–Crippen MR) is 115 cm³/mol. The molecule has 0 saturated heterocycles. The van der Waals surface area contributed by atoms with Crippen LogP contribution < -0.4 is 9.30 Å². The van der Waals surface area contributed by atoms with Crippen molar-refractivity contribution >= 4 is 70.9 Å². The average molecular weight is 444 g/mol. The Hall–Kier alpha value is -1.13. The summed E-state index contributed by atoms with van der Waals surface area (Å²) in [5.74, 6) is 0.485. The van der Waals surface area contributed by atoms with Crippen LogP contribution >= 0.6 is 34.4 Å². The molecule has 0 unspecified atom stereocenters. The first-order valence-corrected chi connectivity index (χ1v) is 13.0. The van der Waals surface area contributed by atoms with E-state index >= 15 is 0 Å². The molecule has 9 heteroatoms. The van der Waals surface area contributed by atoms with Crippen LogP contribution in [0.25, 0.3) is 26.4 Å². The summed E-state index contributed by atoms with van der Waals surface area (Å²) in [7, 11) is -2.55. The molecule has 1 aromatic carbocycles. The Morgan fingerprint density at radius 3 is 2.85 bits per heavy atom. The Morgan fingerprint density at radius 1 is 1.44 bits per heavy atom. The zero-order valence-electron chi connectivity index (χ0n) is 15.4. The number of thioether (sulfide) groups is 1. The van der Waals surface area contributed by atoms with Gasteiger partial charge in [0.15, 0.2) is 6.54 Å². The molecule has 0 aliphatic heterocycles. The van der Waals surface area contributed by atoms with Gasteiger partial charge in [0.2, 0.25) is 5.52 Å². The monoisotopic (exact) mass is 443 g/mol. The van der Waals surface area contributed by atoms with Gasteiger partial charge >= 0.3 is 0 Å². The van der Waals surface area contributed by atoms with Gasteiger partial charge in [0, 0.05) is 29.7 Å². The Morgan fingerprint density at radius 2 is 2.22 bits per heavy atom. The topological polar surface area (TPSA) is 70.3 Å². The SMILES string of the molecule is CC/C(=C/c1sc2cc(OC)c3ccsc3c2[n+]1CCCS(=O)(=O)[O-])SC. The minimum absolute atomic E-state index is 0.294. The number of nitrogens with zero attached hydrogens (tertiary/aromatic N) is 1. The van der Waals surface area contributed by atoms with Crippen LogP contribution in [0.15, 0.2) is 22.4 Å². The molecule has 0 fully saturated rings. The third-order valence-electron chi connectivity index (χ3n) is 4.28. The zero-order chi connectivity index (χ0) is 19.6. The highest BCUT2D eigenvalue weighted by atomic mass is 32.2. The lowest BCUT2D eigenvalue weighted by Crippen LogP contribution is -2.36. The van der Waals surface area contributed by atoms with Crippen molar-refractivity contribution in [1.29, 1.82) is 0 Å². The summed E-state index contributed by atoms with van der Waals surface area (Å²) in [6, 6.07) is 4.08. The van der Waals surface area contributed by atoms with E-state index in [0.29, 0.717) is 13.0 Å². The van der Waals surface area contributed by atoms with E-state index in [-0.39, 0.29) is 5.75 Å². The van der Waals surface area contributed by atoms with Gasteiger partial charge in [-0.3, -0.25) is 0 Å². The van der Waals surface area contributed by atoms with Crippen molar-refractivity contribution in [2.24, 2.45) is 0 Å². The van der Waals surface area contributed by atoms with Gasteiger partial charge in [-0.05, 0) is 29.0 Å². The second-order valence-electron chi connectivity index (χ2n) is 5.96. The van der Waals surface area contributed by atoms with Crippen LogP contribution in [0.3, 0.4) is 0 Å². The first kappa shape index (κ1) is 20.6. The van der Waals surface area contributed by atoms with E-state index in [0.717, 1.165) is 37.5 Å². The van der Waals surface area contributed by atoms with E-state index in [2.05, 4.69) is 23.8 Å². The second-order valence-corrected chi connectivity index (χ2v) is 10.4. The molecule has 146 valence electrons. The fourth-order valence-electron chi connectivity index (χ4n) is 3.02. The molecule has 0 saturated carbocycles. The summed E-state index contributed by atoms with van der Waals surface area (Å²) in [4.78, 5) is 1.25. The first-order chi connectivity index (χ1) is 12.9. The fourth-order valence-corrected chi connectivity index (χ4v) is 6.32. The van der Waals surface area contributed by atoms with E-state index in [4.69, 9.17) is 4.74 Å². The number of aromatic nitrogens is 1.